The van der Waals surface area contributed by atoms with E-state index in [-0.39, 0.29) is 12.8 Å². The second-order valence-corrected chi connectivity index (χ2v) is 2.67. The molecule has 0 saturated carbocycles. The zero-order chi connectivity index (χ0) is 12.1. The summed E-state index contributed by atoms with van der Waals surface area (Å²) in [4.78, 5) is 10.6. The minimum absolute atomic E-state index is 0.262. The zero-order valence-electron chi connectivity index (χ0n) is 7.83. The van der Waals surface area contributed by atoms with Gasteiger partial charge in [0.1, 0.15) is 0 Å². The highest BCUT2D eigenvalue weighted by Gasteiger charge is 2.43. The summed E-state index contributed by atoms with van der Waals surface area (Å²) >= 11 is 0. The molecule has 88 valence electrons. The van der Waals surface area contributed by atoms with Crippen LogP contribution in [0.15, 0.2) is 11.9 Å². The molecule has 0 N–H and O–H groups in total. The molecule has 0 radical (unpaired) electrons. The first-order chi connectivity index (χ1) is 6.81. The van der Waals surface area contributed by atoms with Crippen molar-refractivity contribution in [2.24, 2.45) is 0 Å². The fourth-order valence-electron chi connectivity index (χ4n) is 0.670. The van der Waals surface area contributed by atoms with E-state index in [1.807, 2.05) is 0 Å². The van der Waals surface area contributed by atoms with Crippen molar-refractivity contribution in [2.45, 2.75) is 32.3 Å². The van der Waals surface area contributed by atoms with Crippen LogP contribution in [0, 0.1) is 0 Å². The first-order valence-corrected chi connectivity index (χ1v) is 4.12. The first kappa shape index (κ1) is 13.9. The van der Waals surface area contributed by atoms with Crippen molar-refractivity contribution < 1.29 is 31.5 Å². The van der Waals surface area contributed by atoms with Gasteiger partial charge in [-0.25, -0.2) is 0 Å². The van der Waals surface area contributed by atoms with Crippen LogP contribution in [-0.2, 0) is 9.53 Å². The Kier molecular flexibility index (Phi) is 5.24. The normalized spacial score (nSPS) is 11.1. The molecule has 0 bridgehead atoms. The molecule has 0 aliphatic heterocycles. The lowest BCUT2D eigenvalue weighted by molar-refractivity contribution is -0.222. The Bertz CT molecular complexity index is 258. The van der Waals surface area contributed by atoms with Gasteiger partial charge < -0.3 is 4.74 Å². The number of carbonyl (C=O) groups excluding carboxylic acids is 1. The molecule has 0 amide bonds. The lowest BCUT2D eigenvalue weighted by Gasteiger charge is -2.13. The van der Waals surface area contributed by atoms with E-state index in [1.54, 1.807) is 6.92 Å². The van der Waals surface area contributed by atoms with Crippen molar-refractivity contribution in [1.29, 1.82) is 0 Å². The maximum atomic E-state index is 12.4. The molecule has 0 aromatic heterocycles. The van der Waals surface area contributed by atoms with Crippen LogP contribution < -0.4 is 0 Å². The van der Waals surface area contributed by atoms with E-state index in [0.29, 0.717) is 6.42 Å². The molecule has 0 atom stereocenters. The van der Waals surface area contributed by atoms with Crippen LogP contribution in [0.2, 0.25) is 0 Å². The molecular formula is C8H9F5O2. The molecule has 0 heterocycles. The Labute approximate surface area is 82.7 Å². The van der Waals surface area contributed by atoms with Gasteiger partial charge in [-0.05, 0) is 6.42 Å². The third kappa shape index (κ3) is 4.75. The Morgan fingerprint density at radius 1 is 1.27 bits per heavy atom. The van der Waals surface area contributed by atoms with Gasteiger partial charge in [0.2, 0.25) is 0 Å². The molecule has 15 heavy (non-hydrogen) atoms. The number of ether oxygens (including phenoxy) is 1. The predicted molar refractivity (Wildman–Crippen MR) is 40.9 cm³/mol. The van der Waals surface area contributed by atoms with Crippen molar-refractivity contribution >= 4 is 5.97 Å². The van der Waals surface area contributed by atoms with E-state index < -0.39 is 24.0 Å². The van der Waals surface area contributed by atoms with E-state index >= 15 is 0 Å². The smallest absolute Gasteiger partial charge is 0.395 e. The minimum Gasteiger partial charge on any atom is -0.395 e. The number of alkyl halides is 2. The summed E-state index contributed by atoms with van der Waals surface area (Å²) in [5.41, 5.74) is 0. The summed E-state index contributed by atoms with van der Waals surface area (Å²) in [6.45, 7) is 1.69. The molecule has 0 aliphatic carbocycles. The molecule has 0 aromatic carbocycles. The van der Waals surface area contributed by atoms with Gasteiger partial charge in [0.25, 0.3) is 5.83 Å². The molecule has 7 heteroatoms. The summed E-state index contributed by atoms with van der Waals surface area (Å²) in [7, 11) is 0. The molecule has 0 unspecified atom stereocenters. The van der Waals surface area contributed by atoms with Crippen LogP contribution in [0.5, 0.6) is 0 Å². The lowest BCUT2D eigenvalue weighted by Crippen LogP contribution is -2.26. The van der Waals surface area contributed by atoms with Crippen molar-refractivity contribution in [3.63, 3.8) is 0 Å². The number of esters is 1. The third-order valence-corrected chi connectivity index (χ3v) is 1.40. The lowest BCUT2D eigenvalue weighted by atomic mass is 10.2. The highest BCUT2D eigenvalue weighted by Crippen LogP contribution is 2.30. The average Bonchev–Trinajstić information content (AvgIpc) is 2.12. The van der Waals surface area contributed by atoms with Gasteiger partial charge in [0.05, 0.1) is 0 Å². The van der Waals surface area contributed by atoms with Gasteiger partial charge in [0.15, 0.2) is 0 Å². The molecule has 0 spiro atoms. The van der Waals surface area contributed by atoms with Crippen molar-refractivity contribution in [2.75, 3.05) is 0 Å². The maximum Gasteiger partial charge on any atom is 0.461 e. The number of halogens is 5. The SMILES string of the molecule is CCCCC(=O)OC(F)(F)C(F)=C(F)F. The summed E-state index contributed by atoms with van der Waals surface area (Å²) < 4.78 is 63.1. The highest BCUT2D eigenvalue weighted by molar-refractivity contribution is 5.69. The largest absolute Gasteiger partial charge is 0.461 e. The van der Waals surface area contributed by atoms with Crippen LogP contribution in [0.25, 0.3) is 0 Å². The van der Waals surface area contributed by atoms with Crippen molar-refractivity contribution in [3.8, 4) is 0 Å². The molecule has 0 rings (SSSR count). The Hall–Kier alpha value is -1.14. The second kappa shape index (κ2) is 5.67. The number of carbonyl (C=O) groups is 1. The number of unbranched alkanes of at least 4 members (excludes halogenated alkanes) is 1. The number of rotatable bonds is 5. The average molecular weight is 232 g/mol. The molecule has 0 aliphatic rings. The first-order valence-electron chi connectivity index (χ1n) is 4.12. The maximum absolute atomic E-state index is 12.4. The summed E-state index contributed by atoms with van der Waals surface area (Å²) in [6, 6.07) is 0. The third-order valence-electron chi connectivity index (χ3n) is 1.40. The summed E-state index contributed by atoms with van der Waals surface area (Å²) in [5, 5.41) is 0. The molecular weight excluding hydrogens is 223 g/mol. The second-order valence-electron chi connectivity index (χ2n) is 2.67. The van der Waals surface area contributed by atoms with Crippen LogP contribution in [0.4, 0.5) is 22.0 Å². The summed E-state index contributed by atoms with van der Waals surface area (Å²) in [5.74, 6) is -4.45. The van der Waals surface area contributed by atoms with Gasteiger partial charge in [-0.2, -0.15) is 22.0 Å². The van der Waals surface area contributed by atoms with Gasteiger partial charge in [-0.1, -0.05) is 13.3 Å². The molecule has 2 nitrogen and oxygen atoms in total. The monoisotopic (exact) mass is 232 g/mol. The topological polar surface area (TPSA) is 26.3 Å². The van der Waals surface area contributed by atoms with E-state index in [4.69, 9.17) is 0 Å². The van der Waals surface area contributed by atoms with Crippen LogP contribution >= 0.6 is 0 Å². The number of hydrogen-bond donors (Lipinski definition) is 0. The fraction of sp³-hybridized carbons (Fsp3) is 0.625. The molecule has 0 aromatic rings. The van der Waals surface area contributed by atoms with Gasteiger partial charge in [-0.3, -0.25) is 4.79 Å². The van der Waals surface area contributed by atoms with Gasteiger partial charge >= 0.3 is 18.2 Å². The van der Waals surface area contributed by atoms with E-state index in [9.17, 15) is 26.7 Å². The van der Waals surface area contributed by atoms with Crippen LogP contribution in [-0.4, -0.2) is 12.1 Å². The van der Waals surface area contributed by atoms with Crippen molar-refractivity contribution in [1.82, 2.24) is 0 Å². The Morgan fingerprint density at radius 3 is 2.20 bits per heavy atom. The van der Waals surface area contributed by atoms with E-state index in [1.165, 1.54) is 0 Å². The molecule has 0 fully saturated rings. The van der Waals surface area contributed by atoms with Gasteiger partial charge in [-0.15, -0.1) is 0 Å². The van der Waals surface area contributed by atoms with Crippen LogP contribution in [0.3, 0.4) is 0 Å². The highest BCUT2D eigenvalue weighted by atomic mass is 19.3. The Balaban J connectivity index is 4.38. The fourth-order valence-corrected chi connectivity index (χ4v) is 0.670. The number of hydrogen-bond acceptors (Lipinski definition) is 2. The predicted octanol–water partition coefficient (Wildman–Crippen LogP) is 3.39. The van der Waals surface area contributed by atoms with Crippen LogP contribution in [0.1, 0.15) is 26.2 Å². The Morgan fingerprint density at radius 2 is 1.80 bits per heavy atom. The standard InChI is InChI=1S/C8H9F5O2/c1-2-3-4-5(14)15-8(12,13)6(9)7(10)11/h2-4H2,1H3. The zero-order valence-corrected chi connectivity index (χ0v) is 7.83. The quantitative estimate of drug-likeness (QED) is 0.536. The van der Waals surface area contributed by atoms with Gasteiger partial charge in [0, 0.05) is 6.42 Å². The molecule has 0 saturated heterocycles. The van der Waals surface area contributed by atoms with E-state index in [0.717, 1.165) is 0 Å². The minimum atomic E-state index is -4.89. The van der Waals surface area contributed by atoms with E-state index in [2.05, 4.69) is 4.74 Å². The summed E-state index contributed by atoms with van der Waals surface area (Å²) in [6.07, 6.45) is -7.66. The van der Waals surface area contributed by atoms with Crippen molar-refractivity contribution in [3.05, 3.63) is 11.9 Å².